The quantitative estimate of drug-likeness (QED) is 0.833. The minimum absolute atomic E-state index is 0.122. The average molecular weight is 263 g/mol. The summed E-state index contributed by atoms with van der Waals surface area (Å²) in [5.41, 5.74) is 0.919. The van der Waals surface area contributed by atoms with Gasteiger partial charge in [0.2, 0.25) is 5.65 Å². The molecule has 2 aromatic rings. The summed E-state index contributed by atoms with van der Waals surface area (Å²) in [6.45, 7) is 4.60. The van der Waals surface area contributed by atoms with Crippen LogP contribution in [0, 0.1) is 0 Å². The molecule has 0 saturated carbocycles. The van der Waals surface area contributed by atoms with Crippen molar-refractivity contribution < 1.29 is 9.52 Å². The number of likely N-dealkylation sites (N-methyl/N-ethyl adjacent to an activating group) is 1. The Hall–Kier alpha value is -1.73. The summed E-state index contributed by atoms with van der Waals surface area (Å²) in [6, 6.07) is 0.535. The maximum absolute atomic E-state index is 9.84. The molecule has 0 unspecified atom stereocenters. The molecule has 0 aliphatic carbocycles. The zero-order valence-corrected chi connectivity index (χ0v) is 10.8. The first-order valence-electron chi connectivity index (χ1n) is 6.49. The molecule has 102 valence electrons. The van der Waals surface area contributed by atoms with Gasteiger partial charge in [-0.15, -0.1) is 0 Å². The molecule has 0 amide bonds. The maximum atomic E-state index is 9.84. The fourth-order valence-electron chi connectivity index (χ4n) is 2.44. The summed E-state index contributed by atoms with van der Waals surface area (Å²) in [5.74, 6) is 0. The highest BCUT2D eigenvalue weighted by molar-refractivity contribution is 5.64. The van der Waals surface area contributed by atoms with E-state index in [9.17, 15) is 5.11 Å². The molecule has 3 heterocycles. The number of anilines is 1. The Bertz CT molecular complexity index is 525. The van der Waals surface area contributed by atoms with Crippen molar-refractivity contribution in [2.24, 2.45) is 0 Å². The molecule has 1 aliphatic heterocycles. The van der Waals surface area contributed by atoms with Gasteiger partial charge in [-0.05, 0) is 13.0 Å². The van der Waals surface area contributed by atoms with E-state index in [0.29, 0.717) is 23.8 Å². The second-order valence-corrected chi connectivity index (χ2v) is 4.79. The number of oxazole rings is 1. The highest BCUT2D eigenvalue weighted by Gasteiger charge is 2.26. The third kappa shape index (κ3) is 2.66. The van der Waals surface area contributed by atoms with E-state index in [1.165, 1.54) is 0 Å². The molecule has 0 spiro atoms. The van der Waals surface area contributed by atoms with Crippen LogP contribution in [0.4, 0.5) is 6.01 Å². The second kappa shape index (κ2) is 5.10. The van der Waals surface area contributed by atoms with E-state index in [-0.39, 0.29) is 12.1 Å². The van der Waals surface area contributed by atoms with Crippen LogP contribution < -0.4 is 5.32 Å². The van der Waals surface area contributed by atoms with Crippen LogP contribution in [0.15, 0.2) is 16.8 Å². The molecule has 19 heavy (non-hydrogen) atoms. The Morgan fingerprint density at radius 3 is 3.05 bits per heavy atom. The molecule has 1 saturated heterocycles. The van der Waals surface area contributed by atoms with Crippen molar-refractivity contribution in [1.82, 2.24) is 19.9 Å². The lowest BCUT2D eigenvalue weighted by atomic mass is 10.0. The van der Waals surface area contributed by atoms with Gasteiger partial charge in [0.15, 0.2) is 0 Å². The van der Waals surface area contributed by atoms with Crippen molar-refractivity contribution in [2.45, 2.75) is 25.5 Å². The summed E-state index contributed by atoms with van der Waals surface area (Å²) in [5, 5.41) is 13.0. The van der Waals surface area contributed by atoms with E-state index >= 15 is 0 Å². The molecule has 3 rings (SSSR count). The number of rotatable bonds is 3. The van der Waals surface area contributed by atoms with Gasteiger partial charge in [-0.1, -0.05) is 6.92 Å². The Labute approximate surface area is 110 Å². The first-order chi connectivity index (χ1) is 9.24. The Morgan fingerprint density at radius 2 is 2.26 bits per heavy atom. The number of aliphatic hydroxyl groups excluding tert-OH is 1. The molecule has 7 nitrogen and oxygen atoms in total. The highest BCUT2D eigenvalue weighted by atomic mass is 16.4. The van der Waals surface area contributed by atoms with Gasteiger partial charge < -0.3 is 14.8 Å². The summed E-state index contributed by atoms with van der Waals surface area (Å²) in [7, 11) is 0. The molecular formula is C12H17N5O2. The fourth-order valence-corrected chi connectivity index (χ4v) is 2.44. The molecule has 1 aliphatic rings. The summed E-state index contributed by atoms with van der Waals surface area (Å²) < 4.78 is 5.48. The third-order valence-corrected chi connectivity index (χ3v) is 3.33. The van der Waals surface area contributed by atoms with Gasteiger partial charge in [0, 0.05) is 31.5 Å². The van der Waals surface area contributed by atoms with Crippen LogP contribution >= 0.6 is 0 Å². The largest absolute Gasteiger partial charge is 0.403 e. The van der Waals surface area contributed by atoms with E-state index in [2.05, 4.69) is 32.1 Å². The van der Waals surface area contributed by atoms with Crippen LogP contribution in [0.5, 0.6) is 0 Å². The number of likely N-dealkylation sites (tertiary alicyclic amines) is 1. The molecular weight excluding hydrogens is 246 g/mol. The number of fused-ring (bicyclic) bond motifs is 1. The minimum atomic E-state index is -0.313. The van der Waals surface area contributed by atoms with E-state index in [1.54, 1.807) is 12.4 Å². The zero-order valence-electron chi connectivity index (χ0n) is 10.8. The second-order valence-electron chi connectivity index (χ2n) is 4.79. The highest BCUT2D eigenvalue weighted by Crippen LogP contribution is 2.18. The SMILES string of the molecule is CCN1C[C@@H](O)C[C@@H](Nc2nc3nccnc3o2)C1. The first kappa shape index (κ1) is 12.3. The number of piperidine rings is 1. The monoisotopic (exact) mass is 263 g/mol. The van der Waals surface area contributed by atoms with E-state index < -0.39 is 0 Å². The number of nitrogens with one attached hydrogen (secondary N) is 1. The van der Waals surface area contributed by atoms with E-state index in [1.807, 2.05) is 0 Å². The maximum Gasteiger partial charge on any atom is 0.298 e. The van der Waals surface area contributed by atoms with E-state index in [4.69, 9.17) is 4.42 Å². The number of hydrogen-bond acceptors (Lipinski definition) is 7. The standard InChI is InChI=1S/C12H17N5O2/c1-2-17-6-8(5-9(18)7-17)15-12-16-10-11(19-12)14-4-3-13-10/h3-4,8-9,18H,2,5-7H2,1H3,(H,13,15,16)/t8-,9+/m1/s1. The van der Waals surface area contributed by atoms with Gasteiger partial charge in [0.05, 0.1) is 6.10 Å². The lowest BCUT2D eigenvalue weighted by Crippen LogP contribution is -2.48. The summed E-state index contributed by atoms with van der Waals surface area (Å²) >= 11 is 0. The van der Waals surface area contributed by atoms with Gasteiger partial charge in [-0.2, -0.15) is 4.98 Å². The van der Waals surface area contributed by atoms with Crippen LogP contribution in [0.3, 0.4) is 0 Å². The average Bonchev–Trinajstić information content (AvgIpc) is 2.80. The molecule has 2 atom stereocenters. The topological polar surface area (TPSA) is 87.3 Å². The normalized spacial score (nSPS) is 24.7. The Balaban J connectivity index is 1.73. The third-order valence-electron chi connectivity index (χ3n) is 3.33. The number of nitrogens with zero attached hydrogens (tertiary/aromatic N) is 4. The van der Waals surface area contributed by atoms with Crippen molar-refractivity contribution >= 4 is 17.4 Å². The number of β-amino-alcohol motifs (C(OH)–C–C–N with tert-alkyl or cyclic N) is 1. The Kier molecular flexibility index (Phi) is 3.31. The van der Waals surface area contributed by atoms with Crippen LogP contribution in [0.1, 0.15) is 13.3 Å². The van der Waals surface area contributed by atoms with E-state index in [0.717, 1.165) is 19.6 Å². The van der Waals surface area contributed by atoms with Gasteiger partial charge in [-0.3, -0.25) is 4.90 Å². The molecule has 0 bridgehead atoms. The number of hydrogen-bond donors (Lipinski definition) is 2. The van der Waals surface area contributed by atoms with Crippen LogP contribution in [-0.2, 0) is 0 Å². The number of aliphatic hydroxyl groups is 1. The fraction of sp³-hybridized carbons (Fsp3) is 0.583. The molecule has 2 aromatic heterocycles. The van der Waals surface area contributed by atoms with Crippen molar-refractivity contribution in [2.75, 3.05) is 25.0 Å². The van der Waals surface area contributed by atoms with Crippen LogP contribution in [0.25, 0.3) is 11.4 Å². The summed E-state index contributed by atoms with van der Waals surface area (Å²) in [4.78, 5) is 14.6. The predicted molar refractivity (Wildman–Crippen MR) is 69.7 cm³/mol. The Morgan fingerprint density at radius 1 is 1.42 bits per heavy atom. The van der Waals surface area contributed by atoms with Crippen molar-refractivity contribution in [1.29, 1.82) is 0 Å². The molecule has 0 radical (unpaired) electrons. The van der Waals surface area contributed by atoms with Crippen LogP contribution in [-0.4, -0.2) is 56.7 Å². The molecule has 1 fully saturated rings. The minimum Gasteiger partial charge on any atom is -0.403 e. The van der Waals surface area contributed by atoms with Crippen molar-refractivity contribution in [3.8, 4) is 0 Å². The predicted octanol–water partition coefficient (Wildman–Crippen LogP) is 0.485. The van der Waals surface area contributed by atoms with Gasteiger partial charge in [-0.25, -0.2) is 9.97 Å². The first-order valence-corrected chi connectivity index (χ1v) is 6.49. The summed E-state index contributed by atoms with van der Waals surface area (Å²) in [6.07, 6.45) is 3.53. The molecule has 7 heteroatoms. The molecule has 0 aromatic carbocycles. The van der Waals surface area contributed by atoms with Crippen molar-refractivity contribution in [3.05, 3.63) is 12.4 Å². The van der Waals surface area contributed by atoms with Gasteiger partial charge in [0.25, 0.3) is 11.7 Å². The lowest BCUT2D eigenvalue weighted by Gasteiger charge is -2.34. The lowest BCUT2D eigenvalue weighted by molar-refractivity contribution is 0.0667. The number of aromatic nitrogens is 3. The smallest absolute Gasteiger partial charge is 0.298 e. The zero-order chi connectivity index (χ0) is 13.2. The van der Waals surface area contributed by atoms with Crippen molar-refractivity contribution in [3.63, 3.8) is 0 Å². The van der Waals surface area contributed by atoms with Gasteiger partial charge in [0.1, 0.15) is 0 Å². The van der Waals surface area contributed by atoms with Gasteiger partial charge >= 0.3 is 0 Å². The van der Waals surface area contributed by atoms with Crippen LogP contribution in [0.2, 0.25) is 0 Å². The molecule has 2 N–H and O–H groups in total.